The summed E-state index contributed by atoms with van der Waals surface area (Å²) in [6, 6.07) is 21.8. The maximum atomic E-state index is 13.1. The highest BCUT2D eigenvalue weighted by atomic mass is 16.2. The first kappa shape index (κ1) is 23.3. The monoisotopic (exact) mass is 452 g/mol. The standard InChI is InChI=1S/C29H32N4O/c1-6-7-10-21-15-18-25(24-12-9-8-11-23(21)24)30-28(34)31-27-19-26(29(3,4)5)32-33(27)22-16-13-20(2)14-17-22/h7-19H,6H2,1-5H3,(H2,30,31,34)/b10-7+. The molecule has 0 atom stereocenters. The second kappa shape index (κ2) is 9.56. The minimum atomic E-state index is -0.310. The van der Waals surface area contributed by atoms with Gasteiger partial charge in [-0.2, -0.15) is 5.10 Å². The fraction of sp³-hybridized carbons (Fsp3) is 0.241. The molecule has 0 fully saturated rings. The van der Waals surface area contributed by atoms with Gasteiger partial charge in [0.2, 0.25) is 0 Å². The number of fused-ring (bicyclic) bond motifs is 1. The molecular formula is C29H32N4O. The van der Waals surface area contributed by atoms with Gasteiger partial charge < -0.3 is 5.32 Å². The lowest BCUT2D eigenvalue weighted by molar-refractivity contribution is 0.262. The number of nitrogens with one attached hydrogen (secondary N) is 2. The summed E-state index contributed by atoms with van der Waals surface area (Å²) >= 11 is 0. The minimum Gasteiger partial charge on any atom is -0.307 e. The van der Waals surface area contributed by atoms with Crippen LogP contribution in [-0.4, -0.2) is 15.8 Å². The summed E-state index contributed by atoms with van der Waals surface area (Å²) in [5.74, 6) is 0.623. The molecule has 3 aromatic carbocycles. The van der Waals surface area contributed by atoms with Crippen LogP contribution in [0.3, 0.4) is 0 Å². The molecular weight excluding hydrogens is 420 g/mol. The van der Waals surface area contributed by atoms with Gasteiger partial charge in [0.05, 0.1) is 17.1 Å². The quantitative estimate of drug-likeness (QED) is 0.326. The summed E-state index contributed by atoms with van der Waals surface area (Å²) in [5, 5.41) is 13.0. The molecule has 0 spiro atoms. The second-order valence-electron chi connectivity index (χ2n) is 9.55. The van der Waals surface area contributed by atoms with Crippen LogP contribution in [0.1, 0.15) is 50.9 Å². The first-order valence-corrected chi connectivity index (χ1v) is 11.7. The molecule has 0 saturated carbocycles. The highest BCUT2D eigenvalue weighted by molar-refractivity contribution is 6.07. The lowest BCUT2D eigenvalue weighted by Crippen LogP contribution is -2.21. The van der Waals surface area contributed by atoms with Crippen LogP contribution in [0.25, 0.3) is 22.5 Å². The van der Waals surface area contributed by atoms with E-state index < -0.39 is 0 Å². The Morgan fingerprint density at radius 1 is 0.971 bits per heavy atom. The van der Waals surface area contributed by atoms with Crippen molar-refractivity contribution in [2.45, 2.75) is 46.5 Å². The molecule has 0 aliphatic heterocycles. The molecule has 0 unspecified atom stereocenters. The molecule has 1 aromatic heterocycles. The van der Waals surface area contributed by atoms with Crippen LogP contribution in [0.15, 0.2) is 72.8 Å². The van der Waals surface area contributed by atoms with Crippen LogP contribution < -0.4 is 10.6 Å². The highest BCUT2D eigenvalue weighted by Gasteiger charge is 2.21. The number of allylic oxidation sites excluding steroid dienone is 1. The topological polar surface area (TPSA) is 59.0 Å². The number of benzene rings is 3. The van der Waals surface area contributed by atoms with E-state index in [9.17, 15) is 4.79 Å². The van der Waals surface area contributed by atoms with Gasteiger partial charge in [0, 0.05) is 16.9 Å². The minimum absolute atomic E-state index is 0.152. The Morgan fingerprint density at radius 3 is 2.35 bits per heavy atom. The number of hydrogen-bond acceptors (Lipinski definition) is 2. The first-order chi connectivity index (χ1) is 16.3. The number of hydrogen-bond donors (Lipinski definition) is 2. The van der Waals surface area contributed by atoms with E-state index in [1.807, 2.05) is 67.6 Å². The smallest absolute Gasteiger partial charge is 0.307 e. The van der Waals surface area contributed by atoms with E-state index in [0.717, 1.165) is 39.8 Å². The largest absolute Gasteiger partial charge is 0.324 e. The van der Waals surface area contributed by atoms with Crippen molar-refractivity contribution in [1.29, 1.82) is 0 Å². The SMILES string of the molecule is CC/C=C/c1ccc(NC(=O)Nc2cc(C(C)(C)C)nn2-c2ccc(C)cc2)c2ccccc12. The van der Waals surface area contributed by atoms with Gasteiger partial charge in [0.25, 0.3) is 0 Å². The number of aromatic nitrogens is 2. The van der Waals surface area contributed by atoms with E-state index >= 15 is 0 Å². The van der Waals surface area contributed by atoms with E-state index in [2.05, 4.69) is 56.5 Å². The Bertz CT molecular complexity index is 1340. The fourth-order valence-corrected chi connectivity index (χ4v) is 3.81. The van der Waals surface area contributed by atoms with Gasteiger partial charge in [-0.15, -0.1) is 0 Å². The number of carbonyl (C=O) groups is 1. The Labute approximate surface area is 201 Å². The Hall–Kier alpha value is -3.86. The number of carbonyl (C=O) groups excluding carboxylic acids is 1. The van der Waals surface area contributed by atoms with Crippen molar-refractivity contribution in [1.82, 2.24) is 9.78 Å². The van der Waals surface area contributed by atoms with Crippen molar-refractivity contribution >= 4 is 34.4 Å². The van der Waals surface area contributed by atoms with E-state index in [-0.39, 0.29) is 11.4 Å². The third-order valence-electron chi connectivity index (χ3n) is 5.74. The second-order valence-corrected chi connectivity index (χ2v) is 9.55. The van der Waals surface area contributed by atoms with Gasteiger partial charge in [-0.1, -0.05) is 87.9 Å². The molecule has 0 bridgehead atoms. The maximum Gasteiger partial charge on any atom is 0.324 e. The number of anilines is 2. The zero-order chi connectivity index (χ0) is 24.3. The van der Waals surface area contributed by atoms with E-state index in [1.54, 1.807) is 4.68 Å². The number of urea groups is 1. The van der Waals surface area contributed by atoms with E-state index in [1.165, 1.54) is 5.56 Å². The van der Waals surface area contributed by atoms with Crippen molar-refractivity contribution in [3.8, 4) is 5.69 Å². The number of aryl methyl sites for hydroxylation is 1. The Balaban J connectivity index is 1.65. The predicted octanol–water partition coefficient (Wildman–Crippen LogP) is 7.70. The van der Waals surface area contributed by atoms with Crippen molar-refractivity contribution in [2.24, 2.45) is 0 Å². The fourth-order valence-electron chi connectivity index (χ4n) is 3.81. The lowest BCUT2D eigenvalue weighted by Gasteiger charge is -2.14. The molecule has 5 heteroatoms. The molecule has 0 radical (unpaired) electrons. The normalized spacial score (nSPS) is 11.8. The molecule has 1 heterocycles. The molecule has 0 saturated heterocycles. The third-order valence-corrected chi connectivity index (χ3v) is 5.74. The Kier molecular flexibility index (Phi) is 6.55. The van der Waals surface area contributed by atoms with Gasteiger partial charge in [-0.3, -0.25) is 5.32 Å². The molecule has 4 aromatic rings. The average molecular weight is 453 g/mol. The summed E-state index contributed by atoms with van der Waals surface area (Å²) < 4.78 is 1.79. The number of nitrogens with zero attached hydrogens (tertiary/aromatic N) is 2. The number of amides is 2. The molecule has 0 aliphatic carbocycles. The summed E-state index contributed by atoms with van der Waals surface area (Å²) in [5.41, 5.74) is 4.72. The maximum absolute atomic E-state index is 13.1. The van der Waals surface area contributed by atoms with Crippen molar-refractivity contribution in [2.75, 3.05) is 10.6 Å². The predicted molar refractivity (Wildman–Crippen MR) is 143 cm³/mol. The zero-order valence-corrected chi connectivity index (χ0v) is 20.5. The molecule has 4 rings (SSSR count). The van der Waals surface area contributed by atoms with Gasteiger partial charge >= 0.3 is 6.03 Å². The van der Waals surface area contributed by atoms with Gasteiger partial charge in [-0.25, -0.2) is 9.48 Å². The lowest BCUT2D eigenvalue weighted by atomic mass is 9.92. The van der Waals surface area contributed by atoms with Crippen LogP contribution in [0.2, 0.25) is 0 Å². The van der Waals surface area contributed by atoms with Crippen LogP contribution in [0.4, 0.5) is 16.3 Å². The first-order valence-electron chi connectivity index (χ1n) is 11.7. The van der Waals surface area contributed by atoms with Crippen LogP contribution in [0, 0.1) is 6.92 Å². The van der Waals surface area contributed by atoms with Crippen molar-refractivity contribution in [3.63, 3.8) is 0 Å². The van der Waals surface area contributed by atoms with Crippen LogP contribution in [-0.2, 0) is 5.41 Å². The summed E-state index contributed by atoms with van der Waals surface area (Å²) in [6.45, 7) is 10.5. The third kappa shape index (κ3) is 5.04. The van der Waals surface area contributed by atoms with Crippen LogP contribution >= 0.6 is 0 Å². The molecule has 0 aliphatic rings. The van der Waals surface area contributed by atoms with Crippen molar-refractivity contribution < 1.29 is 4.79 Å². The van der Waals surface area contributed by atoms with E-state index in [0.29, 0.717) is 5.82 Å². The van der Waals surface area contributed by atoms with Gasteiger partial charge in [0.1, 0.15) is 5.82 Å². The van der Waals surface area contributed by atoms with Gasteiger partial charge in [-0.05, 0) is 42.5 Å². The van der Waals surface area contributed by atoms with Crippen molar-refractivity contribution in [3.05, 3.63) is 89.6 Å². The molecule has 2 N–H and O–H groups in total. The summed E-state index contributed by atoms with van der Waals surface area (Å²) in [7, 11) is 0. The van der Waals surface area contributed by atoms with Gasteiger partial charge in [0.15, 0.2) is 0 Å². The molecule has 5 nitrogen and oxygen atoms in total. The van der Waals surface area contributed by atoms with Crippen LogP contribution in [0.5, 0.6) is 0 Å². The Morgan fingerprint density at radius 2 is 1.68 bits per heavy atom. The summed E-state index contributed by atoms with van der Waals surface area (Å²) in [4.78, 5) is 13.1. The molecule has 174 valence electrons. The van der Waals surface area contributed by atoms with E-state index in [4.69, 9.17) is 5.10 Å². The zero-order valence-electron chi connectivity index (χ0n) is 20.5. The average Bonchev–Trinajstić information content (AvgIpc) is 3.23. The summed E-state index contributed by atoms with van der Waals surface area (Å²) in [6.07, 6.45) is 5.24. The highest BCUT2D eigenvalue weighted by Crippen LogP contribution is 2.29. The molecule has 2 amide bonds. The molecule has 34 heavy (non-hydrogen) atoms. The number of rotatable bonds is 5.